The minimum absolute atomic E-state index is 0.0986. The molecule has 1 heterocycles. The molecule has 2 rings (SSSR count). The summed E-state index contributed by atoms with van der Waals surface area (Å²) in [6.07, 6.45) is 1.03. The van der Waals surface area contributed by atoms with Gasteiger partial charge in [-0.15, -0.1) is 0 Å². The SMILES string of the molecule is CCC(C)(C)c1ccc2c(c1)CNS2(=O)=O. The lowest BCUT2D eigenvalue weighted by Gasteiger charge is -2.23. The van der Waals surface area contributed by atoms with Crippen LogP contribution in [0.3, 0.4) is 0 Å². The predicted octanol–water partition coefficient (Wildman–Crippen LogP) is 2.17. The van der Waals surface area contributed by atoms with Crippen molar-refractivity contribution in [3.05, 3.63) is 29.3 Å². The summed E-state index contributed by atoms with van der Waals surface area (Å²) >= 11 is 0. The molecule has 0 aliphatic carbocycles. The van der Waals surface area contributed by atoms with Gasteiger partial charge < -0.3 is 0 Å². The van der Waals surface area contributed by atoms with Crippen LogP contribution in [0.2, 0.25) is 0 Å². The lowest BCUT2D eigenvalue weighted by molar-refractivity contribution is 0.505. The van der Waals surface area contributed by atoms with E-state index in [-0.39, 0.29) is 5.41 Å². The van der Waals surface area contributed by atoms with Crippen molar-refractivity contribution in [2.24, 2.45) is 0 Å². The van der Waals surface area contributed by atoms with E-state index in [1.165, 1.54) is 5.56 Å². The molecule has 0 unspecified atom stereocenters. The monoisotopic (exact) mass is 239 g/mol. The highest BCUT2D eigenvalue weighted by atomic mass is 32.2. The largest absolute Gasteiger partial charge is 0.241 e. The molecule has 16 heavy (non-hydrogen) atoms. The summed E-state index contributed by atoms with van der Waals surface area (Å²) in [6, 6.07) is 5.65. The topological polar surface area (TPSA) is 46.2 Å². The highest BCUT2D eigenvalue weighted by Gasteiger charge is 2.27. The highest BCUT2D eigenvalue weighted by Crippen LogP contribution is 2.31. The Morgan fingerprint density at radius 2 is 2.06 bits per heavy atom. The summed E-state index contributed by atoms with van der Waals surface area (Å²) in [5, 5.41) is 0. The molecule has 0 saturated carbocycles. The van der Waals surface area contributed by atoms with E-state index in [1.807, 2.05) is 12.1 Å². The summed E-state index contributed by atoms with van der Waals surface area (Å²) in [7, 11) is -3.22. The maximum absolute atomic E-state index is 11.6. The number of hydrogen-bond acceptors (Lipinski definition) is 2. The Morgan fingerprint density at radius 1 is 1.38 bits per heavy atom. The first-order valence-electron chi connectivity index (χ1n) is 5.50. The van der Waals surface area contributed by atoms with Crippen molar-refractivity contribution in [3.8, 4) is 0 Å². The Labute approximate surface area is 96.9 Å². The number of benzene rings is 1. The highest BCUT2D eigenvalue weighted by molar-refractivity contribution is 7.89. The predicted molar refractivity (Wildman–Crippen MR) is 63.8 cm³/mol. The molecule has 1 aromatic rings. The van der Waals surface area contributed by atoms with Gasteiger partial charge in [-0.3, -0.25) is 0 Å². The molecule has 0 atom stereocenters. The van der Waals surface area contributed by atoms with Crippen molar-refractivity contribution in [2.75, 3.05) is 0 Å². The molecular weight excluding hydrogens is 222 g/mol. The van der Waals surface area contributed by atoms with E-state index >= 15 is 0 Å². The van der Waals surface area contributed by atoms with Gasteiger partial charge in [0.1, 0.15) is 0 Å². The zero-order chi connectivity index (χ0) is 12.0. The Kier molecular flexibility index (Phi) is 2.59. The normalized spacial score (nSPS) is 18.4. The van der Waals surface area contributed by atoms with Gasteiger partial charge in [-0.1, -0.05) is 32.9 Å². The van der Waals surface area contributed by atoms with E-state index in [2.05, 4.69) is 25.5 Å². The van der Waals surface area contributed by atoms with E-state index in [1.54, 1.807) is 6.07 Å². The van der Waals surface area contributed by atoms with Gasteiger partial charge in [0, 0.05) is 6.54 Å². The fraction of sp³-hybridized carbons (Fsp3) is 0.500. The molecule has 0 amide bonds. The summed E-state index contributed by atoms with van der Waals surface area (Å²) in [6.45, 7) is 6.91. The summed E-state index contributed by atoms with van der Waals surface area (Å²) < 4.78 is 25.7. The summed E-state index contributed by atoms with van der Waals surface area (Å²) in [5.41, 5.74) is 2.19. The van der Waals surface area contributed by atoms with Crippen LogP contribution in [0.4, 0.5) is 0 Å². The van der Waals surface area contributed by atoms with Crippen molar-refractivity contribution < 1.29 is 8.42 Å². The molecule has 0 aromatic heterocycles. The van der Waals surface area contributed by atoms with Crippen LogP contribution >= 0.6 is 0 Å². The molecule has 0 spiro atoms. The molecule has 1 aromatic carbocycles. The number of hydrogen-bond donors (Lipinski definition) is 1. The van der Waals surface area contributed by atoms with Gasteiger partial charge in [-0.25, -0.2) is 13.1 Å². The molecule has 0 radical (unpaired) electrons. The fourth-order valence-corrected chi connectivity index (χ4v) is 3.08. The Hall–Kier alpha value is -0.870. The van der Waals surface area contributed by atoms with Gasteiger partial charge in [0.2, 0.25) is 10.0 Å². The molecule has 0 saturated heterocycles. The molecule has 3 nitrogen and oxygen atoms in total. The van der Waals surface area contributed by atoms with Gasteiger partial charge in [-0.05, 0) is 29.0 Å². The minimum atomic E-state index is -3.22. The van der Waals surface area contributed by atoms with Crippen LogP contribution in [-0.2, 0) is 22.0 Å². The standard InChI is InChI=1S/C12H17NO2S/c1-4-12(2,3)10-5-6-11-9(7-10)8-13-16(11,14)15/h5-7,13H,4,8H2,1-3H3. The van der Waals surface area contributed by atoms with Crippen molar-refractivity contribution in [1.82, 2.24) is 4.72 Å². The van der Waals surface area contributed by atoms with Gasteiger partial charge in [0.25, 0.3) is 0 Å². The van der Waals surface area contributed by atoms with Gasteiger partial charge in [0.05, 0.1) is 4.90 Å². The number of sulfonamides is 1. The molecule has 1 N–H and O–H groups in total. The summed E-state index contributed by atoms with van der Waals surface area (Å²) in [4.78, 5) is 0.433. The Morgan fingerprint density at radius 3 is 2.69 bits per heavy atom. The van der Waals surface area contributed by atoms with E-state index < -0.39 is 10.0 Å². The Balaban J connectivity index is 2.51. The van der Waals surface area contributed by atoms with Gasteiger partial charge in [0.15, 0.2) is 0 Å². The maximum atomic E-state index is 11.6. The average Bonchev–Trinajstić information content (AvgIpc) is 2.55. The molecule has 88 valence electrons. The van der Waals surface area contributed by atoms with Crippen LogP contribution in [-0.4, -0.2) is 8.42 Å². The third-order valence-electron chi connectivity index (χ3n) is 3.47. The van der Waals surface area contributed by atoms with Crippen molar-refractivity contribution in [2.45, 2.75) is 44.0 Å². The minimum Gasteiger partial charge on any atom is -0.207 e. The first kappa shape index (κ1) is 11.6. The second kappa shape index (κ2) is 3.57. The van der Waals surface area contributed by atoms with Crippen LogP contribution in [0.15, 0.2) is 23.1 Å². The lowest BCUT2D eigenvalue weighted by atomic mass is 9.82. The van der Waals surface area contributed by atoms with Crippen molar-refractivity contribution in [3.63, 3.8) is 0 Å². The zero-order valence-corrected chi connectivity index (χ0v) is 10.7. The number of rotatable bonds is 2. The van der Waals surface area contributed by atoms with Crippen LogP contribution in [0.25, 0.3) is 0 Å². The molecule has 0 bridgehead atoms. The second-order valence-electron chi connectivity index (χ2n) is 4.88. The molecular formula is C12H17NO2S. The van der Waals surface area contributed by atoms with E-state index in [0.717, 1.165) is 12.0 Å². The van der Waals surface area contributed by atoms with Crippen LogP contribution in [0.1, 0.15) is 38.3 Å². The van der Waals surface area contributed by atoms with Gasteiger partial charge in [-0.2, -0.15) is 0 Å². The smallest absolute Gasteiger partial charge is 0.207 e. The van der Waals surface area contributed by atoms with E-state index in [0.29, 0.717) is 11.4 Å². The number of nitrogens with one attached hydrogen (secondary N) is 1. The van der Waals surface area contributed by atoms with Crippen molar-refractivity contribution in [1.29, 1.82) is 0 Å². The Bertz CT molecular complexity index is 518. The van der Waals surface area contributed by atoms with Crippen LogP contribution in [0, 0.1) is 0 Å². The third kappa shape index (κ3) is 1.76. The number of fused-ring (bicyclic) bond motifs is 1. The molecule has 4 heteroatoms. The van der Waals surface area contributed by atoms with Crippen molar-refractivity contribution >= 4 is 10.0 Å². The molecule has 1 aliphatic heterocycles. The van der Waals surface area contributed by atoms with Gasteiger partial charge >= 0.3 is 0 Å². The first-order valence-corrected chi connectivity index (χ1v) is 6.98. The lowest BCUT2D eigenvalue weighted by Crippen LogP contribution is -2.15. The van der Waals surface area contributed by atoms with E-state index in [4.69, 9.17) is 0 Å². The fourth-order valence-electron chi connectivity index (χ4n) is 1.86. The first-order chi connectivity index (χ1) is 7.37. The molecule has 1 aliphatic rings. The maximum Gasteiger partial charge on any atom is 0.241 e. The summed E-state index contributed by atoms with van der Waals surface area (Å²) in [5.74, 6) is 0. The zero-order valence-electron chi connectivity index (χ0n) is 9.87. The van der Waals surface area contributed by atoms with Crippen LogP contribution in [0.5, 0.6) is 0 Å². The van der Waals surface area contributed by atoms with E-state index in [9.17, 15) is 8.42 Å². The molecule has 0 fully saturated rings. The third-order valence-corrected chi connectivity index (χ3v) is 4.97. The average molecular weight is 239 g/mol. The second-order valence-corrected chi connectivity index (χ2v) is 6.62. The van der Waals surface area contributed by atoms with Crippen LogP contribution < -0.4 is 4.72 Å². The quantitative estimate of drug-likeness (QED) is 0.859.